The number of ether oxygens (including phenoxy) is 2. The smallest absolute Gasteiger partial charge is 0.219 e. The summed E-state index contributed by atoms with van der Waals surface area (Å²) < 4.78 is 11.5. The SMILES string of the molecule is CCCOc1nccc2c1C(c1ccc(C#N)cc1OC)C(C(C)=O)=C(C)N2. The zero-order valence-electron chi connectivity index (χ0n) is 16.5. The van der Waals surface area contributed by atoms with Crippen LogP contribution >= 0.6 is 0 Å². The molecule has 0 spiro atoms. The second-order valence-corrected chi connectivity index (χ2v) is 6.65. The van der Waals surface area contributed by atoms with E-state index in [0.717, 1.165) is 28.9 Å². The lowest BCUT2D eigenvalue weighted by molar-refractivity contribution is -0.113. The van der Waals surface area contributed by atoms with Gasteiger partial charge in [0.1, 0.15) is 5.75 Å². The molecule has 0 amide bonds. The number of nitriles is 1. The Kier molecular flexibility index (Phi) is 5.65. The van der Waals surface area contributed by atoms with Gasteiger partial charge in [0.15, 0.2) is 5.78 Å². The number of ketones is 1. The molecule has 28 heavy (non-hydrogen) atoms. The van der Waals surface area contributed by atoms with Crippen LogP contribution in [0.1, 0.15) is 49.8 Å². The number of carbonyl (C=O) groups is 1. The summed E-state index contributed by atoms with van der Waals surface area (Å²) in [4.78, 5) is 17.0. The summed E-state index contributed by atoms with van der Waals surface area (Å²) in [5.74, 6) is 0.595. The van der Waals surface area contributed by atoms with E-state index in [-0.39, 0.29) is 5.78 Å². The number of hydrogen-bond donors (Lipinski definition) is 1. The number of benzene rings is 1. The maximum Gasteiger partial charge on any atom is 0.219 e. The van der Waals surface area contributed by atoms with Crippen LogP contribution in [-0.4, -0.2) is 24.5 Å². The van der Waals surface area contributed by atoms with Crippen molar-refractivity contribution in [3.63, 3.8) is 0 Å². The molecule has 1 N–H and O–H groups in total. The van der Waals surface area contributed by atoms with Gasteiger partial charge in [-0.1, -0.05) is 13.0 Å². The largest absolute Gasteiger partial charge is 0.496 e. The Bertz CT molecular complexity index is 989. The average Bonchev–Trinajstić information content (AvgIpc) is 2.70. The number of aromatic nitrogens is 1. The molecule has 1 aromatic heterocycles. The molecule has 0 saturated carbocycles. The normalized spacial score (nSPS) is 15.3. The molecule has 0 bridgehead atoms. The first kappa shape index (κ1) is 19.4. The second kappa shape index (κ2) is 8.13. The fourth-order valence-electron chi connectivity index (χ4n) is 3.58. The molecule has 1 aromatic carbocycles. The molecule has 0 fully saturated rings. The number of anilines is 1. The van der Waals surface area contributed by atoms with Gasteiger partial charge >= 0.3 is 0 Å². The Balaban J connectivity index is 2.29. The van der Waals surface area contributed by atoms with Crippen molar-refractivity contribution in [3.8, 4) is 17.7 Å². The molecule has 0 saturated heterocycles. The van der Waals surface area contributed by atoms with Gasteiger partial charge in [-0.15, -0.1) is 0 Å². The van der Waals surface area contributed by atoms with Gasteiger partial charge in [0.2, 0.25) is 5.88 Å². The van der Waals surface area contributed by atoms with Gasteiger partial charge in [0, 0.05) is 34.3 Å². The molecule has 6 nitrogen and oxygen atoms in total. The van der Waals surface area contributed by atoms with Gasteiger partial charge in [0.05, 0.1) is 31.3 Å². The Hall–Kier alpha value is -3.33. The van der Waals surface area contributed by atoms with E-state index in [1.165, 1.54) is 0 Å². The van der Waals surface area contributed by atoms with Crippen molar-refractivity contribution in [2.45, 2.75) is 33.1 Å². The van der Waals surface area contributed by atoms with Crippen molar-refractivity contribution in [1.29, 1.82) is 5.26 Å². The third-order valence-electron chi connectivity index (χ3n) is 4.75. The van der Waals surface area contributed by atoms with E-state index in [4.69, 9.17) is 9.47 Å². The number of nitrogens with zero attached hydrogens (tertiary/aromatic N) is 2. The molecular weight excluding hydrogens is 354 g/mol. The predicted octanol–water partition coefficient (Wildman–Crippen LogP) is 4.17. The van der Waals surface area contributed by atoms with Crippen molar-refractivity contribution in [3.05, 3.63) is 58.4 Å². The van der Waals surface area contributed by atoms with E-state index in [1.807, 2.05) is 26.0 Å². The van der Waals surface area contributed by atoms with E-state index < -0.39 is 5.92 Å². The second-order valence-electron chi connectivity index (χ2n) is 6.65. The Morgan fingerprint density at radius 2 is 2.14 bits per heavy atom. The van der Waals surface area contributed by atoms with Crippen LogP contribution in [0.5, 0.6) is 11.6 Å². The lowest BCUT2D eigenvalue weighted by atomic mass is 9.79. The van der Waals surface area contributed by atoms with Gasteiger partial charge in [-0.3, -0.25) is 4.79 Å². The van der Waals surface area contributed by atoms with E-state index in [2.05, 4.69) is 16.4 Å². The minimum atomic E-state index is -0.406. The van der Waals surface area contributed by atoms with Gasteiger partial charge in [-0.25, -0.2) is 4.98 Å². The zero-order valence-corrected chi connectivity index (χ0v) is 16.5. The molecular formula is C22H23N3O3. The fraction of sp³-hybridized carbons (Fsp3) is 0.318. The lowest BCUT2D eigenvalue weighted by Gasteiger charge is -2.31. The van der Waals surface area contributed by atoms with Gasteiger partial charge in [-0.2, -0.15) is 5.26 Å². The average molecular weight is 377 g/mol. The number of pyridine rings is 1. The highest BCUT2D eigenvalue weighted by Crippen LogP contribution is 2.48. The molecule has 1 unspecified atom stereocenters. The number of allylic oxidation sites excluding steroid dienone is 2. The first-order valence-electron chi connectivity index (χ1n) is 9.20. The molecule has 6 heteroatoms. The van der Waals surface area contributed by atoms with Crippen LogP contribution < -0.4 is 14.8 Å². The van der Waals surface area contributed by atoms with Crippen LogP contribution in [0.2, 0.25) is 0 Å². The summed E-state index contributed by atoms with van der Waals surface area (Å²) in [6, 6.07) is 9.25. The van der Waals surface area contributed by atoms with E-state index >= 15 is 0 Å². The molecule has 2 heterocycles. The van der Waals surface area contributed by atoms with Gasteiger partial charge in [0.25, 0.3) is 0 Å². The summed E-state index contributed by atoms with van der Waals surface area (Å²) in [5, 5.41) is 12.5. The van der Waals surface area contributed by atoms with Crippen LogP contribution in [0, 0.1) is 11.3 Å². The molecule has 0 aliphatic carbocycles. The molecule has 0 radical (unpaired) electrons. The van der Waals surface area contributed by atoms with Crippen LogP contribution in [0.25, 0.3) is 0 Å². The number of carbonyl (C=O) groups excluding carboxylic acids is 1. The summed E-state index contributed by atoms with van der Waals surface area (Å²) in [6.45, 7) is 5.99. The van der Waals surface area contributed by atoms with Crippen LogP contribution in [0.15, 0.2) is 41.7 Å². The number of fused-ring (bicyclic) bond motifs is 1. The molecule has 1 atom stereocenters. The summed E-state index contributed by atoms with van der Waals surface area (Å²) in [6.07, 6.45) is 2.54. The Morgan fingerprint density at radius 1 is 1.36 bits per heavy atom. The molecule has 2 aromatic rings. The van der Waals surface area contributed by atoms with E-state index in [9.17, 15) is 10.1 Å². The lowest BCUT2D eigenvalue weighted by Crippen LogP contribution is -2.23. The molecule has 1 aliphatic rings. The van der Waals surface area contributed by atoms with Gasteiger partial charge in [-0.05, 0) is 38.5 Å². The van der Waals surface area contributed by atoms with Crippen LogP contribution in [0.3, 0.4) is 0 Å². The number of nitrogens with one attached hydrogen (secondary N) is 1. The van der Waals surface area contributed by atoms with Crippen molar-refractivity contribution < 1.29 is 14.3 Å². The first-order valence-corrected chi connectivity index (χ1v) is 9.20. The predicted molar refractivity (Wildman–Crippen MR) is 107 cm³/mol. The molecule has 1 aliphatic heterocycles. The standard InChI is InChI=1S/C22H23N3O3/c1-5-10-28-22-21-17(8-9-24-22)25-13(2)19(14(3)26)20(21)16-7-6-15(12-23)11-18(16)27-4/h6-9,11,20,25H,5,10H2,1-4H3. The van der Waals surface area contributed by atoms with E-state index in [1.54, 1.807) is 32.4 Å². The molecule has 3 rings (SSSR count). The van der Waals surface area contributed by atoms with Gasteiger partial charge < -0.3 is 14.8 Å². The van der Waals surface area contributed by atoms with Crippen molar-refractivity contribution in [2.75, 3.05) is 19.0 Å². The van der Waals surface area contributed by atoms with Crippen molar-refractivity contribution >= 4 is 11.5 Å². The first-order chi connectivity index (χ1) is 13.5. The minimum Gasteiger partial charge on any atom is -0.496 e. The van der Waals surface area contributed by atoms with Crippen LogP contribution in [-0.2, 0) is 4.79 Å². The van der Waals surface area contributed by atoms with Crippen molar-refractivity contribution in [2.24, 2.45) is 0 Å². The number of Topliss-reactive ketones (excluding diaryl/α,β-unsaturated/α-hetero) is 1. The zero-order chi connectivity index (χ0) is 20.3. The number of methoxy groups -OCH3 is 1. The van der Waals surface area contributed by atoms with E-state index in [0.29, 0.717) is 29.4 Å². The topological polar surface area (TPSA) is 84.2 Å². The summed E-state index contributed by atoms with van der Waals surface area (Å²) >= 11 is 0. The maximum atomic E-state index is 12.6. The van der Waals surface area contributed by atoms with Crippen LogP contribution in [0.4, 0.5) is 5.69 Å². The highest BCUT2D eigenvalue weighted by atomic mass is 16.5. The maximum absolute atomic E-state index is 12.6. The Labute approximate surface area is 164 Å². The monoisotopic (exact) mass is 377 g/mol. The number of hydrogen-bond acceptors (Lipinski definition) is 6. The summed E-state index contributed by atoms with van der Waals surface area (Å²) in [7, 11) is 1.56. The summed E-state index contributed by atoms with van der Waals surface area (Å²) in [5.41, 5.74) is 4.35. The highest BCUT2D eigenvalue weighted by molar-refractivity contribution is 5.99. The third kappa shape index (κ3) is 3.44. The van der Waals surface area contributed by atoms with Crippen molar-refractivity contribution in [1.82, 2.24) is 4.98 Å². The molecule has 144 valence electrons. The highest BCUT2D eigenvalue weighted by Gasteiger charge is 2.35. The third-order valence-corrected chi connectivity index (χ3v) is 4.75. The fourth-order valence-corrected chi connectivity index (χ4v) is 3.58. The Morgan fingerprint density at radius 3 is 2.79 bits per heavy atom. The minimum absolute atomic E-state index is 0.0441. The quantitative estimate of drug-likeness (QED) is 0.813. The number of rotatable bonds is 6.